The van der Waals surface area contributed by atoms with Crippen molar-refractivity contribution in [3.05, 3.63) is 23.8 Å². The number of nitrogens with zero attached hydrogens (tertiary/aromatic N) is 1. The molecule has 21 heavy (non-hydrogen) atoms. The molecule has 0 aromatic heterocycles. The quantitative estimate of drug-likeness (QED) is 0.819. The number of amides is 1. The molecule has 2 rings (SSSR count). The van der Waals surface area contributed by atoms with Crippen molar-refractivity contribution in [2.24, 2.45) is 5.92 Å². The molecule has 1 aromatic rings. The smallest absolute Gasteiger partial charge is 0.251 e. The fraction of sp³-hybridized carbons (Fsp3) is 0.588. The van der Waals surface area contributed by atoms with Crippen LogP contribution in [0.25, 0.3) is 0 Å². The summed E-state index contributed by atoms with van der Waals surface area (Å²) in [6, 6.07) is 5.59. The molecular formula is C17H27N3O. The third kappa shape index (κ3) is 4.13. The van der Waals surface area contributed by atoms with E-state index in [9.17, 15) is 4.79 Å². The number of benzene rings is 1. The van der Waals surface area contributed by atoms with Gasteiger partial charge in [0.2, 0.25) is 0 Å². The molecule has 0 aliphatic heterocycles. The topological polar surface area (TPSA) is 58.4 Å². The summed E-state index contributed by atoms with van der Waals surface area (Å²) < 4.78 is 0. The number of carbonyl (C=O) groups excluding carboxylic acids is 1. The third-order valence-corrected chi connectivity index (χ3v) is 4.30. The van der Waals surface area contributed by atoms with Crippen molar-refractivity contribution in [2.45, 2.75) is 39.0 Å². The summed E-state index contributed by atoms with van der Waals surface area (Å²) in [6.07, 6.45) is 6.72. The van der Waals surface area contributed by atoms with Gasteiger partial charge in [0, 0.05) is 25.7 Å². The van der Waals surface area contributed by atoms with Crippen LogP contribution in [0.1, 0.15) is 49.4 Å². The summed E-state index contributed by atoms with van der Waals surface area (Å²) in [4.78, 5) is 14.0. The maximum Gasteiger partial charge on any atom is 0.251 e. The molecule has 116 valence electrons. The Morgan fingerprint density at radius 3 is 2.67 bits per heavy atom. The van der Waals surface area contributed by atoms with E-state index in [1.54, 1.807) is 6.07 Å². The molecule has 0 atom stereocenters. The van der Waals surface area contributed by atoms with E-state index < -0.39 is 0 Å². The van der Waals surface area contributed by atoms with E-state index in [4.69, 9.17) is 5.73 Å². The Morgan fingerprint density at radius 2 is 2.05 bits per heavy atom. The van der Waals surface area contributed by atoms with Gasteiger partial charge in [-0.25, -0.2) is 0 Å². The highest BCUT2D eigenvalue weighted by molar-refractivity contribution is 5.96. The first kappa shape index (κ1) is 15.7. The van der Waals surface area contributed by atoms with E-state index in [0.717, 1.165) is 18.2 Å². The Bertz CT molecular complexity index is 481. The number of hydrogen-bond acceptors (Lipinski definition) is 3. The fourth-order valence-corrected chi connectivity index (χ4v) is 3.16. The van der Waals surface area contributed by atoms with Crippen molar-refractivity contribution >= 4 is 17.3 Å². The number of nitrogens with two attached hydrogens (primary N) is 1. The normalized spacial score (nSPS) is 15.7. The van der Waals surface area contributed by atoms with Crippen molar-refractivity contribution in [2.75, 3.05) is 30.8 Å². The second-order valence-electron chi connectivity index (χ2n) is 6.02. The largest absolute Gasteiger partial charge is 0.397 e. The summed E-state index contributed by atoms with van der Waals surface area (Å²) in [5, 5.41) is 2.80. The predicted molar refractivity (Wildman–Crippen MR) is 88.7 cm³/mol. The molecule has 0 spiro atoms. The molecule has 0 unspecified atom stereocenters. The Balaban J connectivity index is 2.03. The van der Waals surface area contributed by atoms with Gasteiger partial charge < -0.3 is 16.0 Å². The lowest BCUT2D eigenvalue weighted by atomic mass is 9.89. The number of nitrogen functional groups attached to an aromatic ring is 1. The average Bonchev–Trinajstić information content (AvgIpc) is 2.48. The van der Waals surface area contributed by atoms with Crippen molar-refractivity contribution < 1.29 is 4.79 Å². The molecule has 1 aromatic carbocycles. The Morgan fingerprint density at radius 1 is 1.33 bits per heavy atom. The molecule has 1 saturated carbocycles. The number of rotatable bonds is 5. The summed E-state index contributed by atoms with van der Waals surface area (Å²) in [5.41, 5.74) is 8.47. The number of anilines is 2. The Hall–Kier alpha value is -1.71. The van der Waals surface area contributed by atoms with Gasteiger partial charge in [-0.05, 0) is 43.9 Å². The molecule has 0 saturated heterocycles. The van der Waals surface area contributed by atoms with Crippen LogP contribution in [-0.4, -0.2) is 26.0 Å². The van der Waals surface area contributed by atoms with E-state index >= 15 is 0 Å². The van der Waals surface area contributed by atoms with E-state index in [2.05, 4.69) is 17.3 Å². The second-order valence-corrected chi connectivity index (χ2v) is 6.02. The van der Waals surface area contributed by atoms with Crippen molar-refractivity contribution in [3.8, 4) is 0 Å². The SMILES string of the molecule is CCNC(=O)c1ccc(N(C)CC2CCCCC2)c(N)c1. The van der Waals surface area contributed by atoms with Crippen LogP contribution in [0, 0.1) is 5.92 Å². The van der Waals surface area contributed by atoms with Gasteiger partial charge in [-0.1, -0.05) is 19.3 Å². The average molecular weight is 289 g/mol. The van der Waals surface area contributed by atoms with Crippen molar-refractivity contribution in [1.82, 2.24) is 5.32 Å². The second kappa shape index (κ2) is 7.34. The van der Waals surface area contributed by atoms with Crippen LogP contribution < -0.4 is 16.0 Å². The molecule has 0 heterocycles. The highest BCUT2D eigenvalue weighted by Crippen LogP contribution is 2.28. The zero-order valence-electron chi connectivity index (χ0n) is 13.2. The highest BCUT2D eigenvalue weighted by Gasteiger charge is 2.17. The molecule has 0 bridgehead atoms. The maximum absolute atomic E-state index is 11.8. The van der Waals surface area contributed by atoms with Gasteiger partial charge in [0.15, 0.2) is 0 Å². The standard InChI is InChI=1S/C17H27N3O/c1-3-19-17(21)14-9-10-16(15(18)11-14)20(2)12-13-7-5-4-6-8-13/h9-11,13H,3-8,12,18H2,1-2H3,(H,19,21). The van der Waals surface area contributed by atoms with Gasteiger partial charge in [0.1, 0.15) is 0 Å². The zero-order valence-corrected chi connectivity index (χ0v) is 13.2. The van der Waals surface area contributed by atoms with Crippen LogP contribution in [-0.2, 0) is 0 Å². The first-order valence-electron chi connectivity index (χ1n) is 8.00. The number of hydrogen-bond donors (Lipinski definition) is 2. The van der Waals surface area contributed by atoms with Gasteiger partial charge in [-0.2, -0.15) is 0 Å². The minimum Gasteiger partial charge on any atom is -0.397 e. The molecule has 1 amide bonds. The minimum absolute atomic E-state index is 0.0642. The van der Waals surface area contributed by atoms with Crippen LogP contribution in [0.5, 0.6) is 0 Å². The molecule has 1 aliphatic rings. The van der Waals surface area contributed by atoms with Gasteiger partial charge in [0.05, 0.1) is 11.4 Å². The molecule has 0 radical (unpaired) electrons. The Kier molecular flexibility index (Phi) is 5.48. The van der Waals surface area contributed by atoms with E-state index in [1.807, 2.05) is 19.1 Å². The summed E-state index contributed by atoms with van der Waals surface area (Å²) in [6.45, 7) is 3.58. The Labute approximate surface area is 127 Å². The number of carbonyl (C=O) groups is 1. The fourth-order valence-electron chi connectivity index (χ4n) is 3.16. The predicted octanol–water partition coefficient (Wildman–Crippen LogP) is 3.04. The lowest BCUT2D eigenvalue weighted by Crippen LogP contribution is -2.28. The molecule has 1 aliphatic carbocycles. The monoisotopic (exact) mass is 289 g/mol. The molecule has 4 nitrogen and oxygen atoms in total. The van der Waals surface area contributed by atoms with E-state index in [-0.39, 0.29) is 5.91 Å². The molecule has 3 N–H and O–H groups in total. The summed E-state index contributed by atoms with van der Waals surface area (Å²) in [7, 11) is 2.09. The third-order valence-electron chi connectivity index (χ3n) is 4.30. The van der Waals surface area contributed by atoms with Gasteiger partial charge in [0.25, 0.3) is 5.91 Å². The summed E-state index contributed by atoms with van der Waals surface area (Å²) >= 11 is 0. The highest BCUT2D eigenvalue weighted by atomic mass is 16.1. The maximum atomic E-state index is 11.8. The lowest BCUT2D eigenvalue weighted by molar-refractivity contribution is 0.0956. The zero-order chi connectivity index (χ0) is 15.2. The molecular weight excluding hydrogens is 262 g/mol. The molecule has 4 heteroatoms. The first-order valence-corrected chi connectivity index (χ1v) is 8.00. The van der Waals surface area contributed by atoms with Gasteiger partial charge in [-0.15, -0.1) is 0 Å². The van der Waals surface area contributed by atoms with Crippen LogP contribution in [0.3, 0.4) is 0 Å². The van der Waals surface area contributed by atoms with Gasteiger partial charge >= 0.3 is 0 Å². The van der Waals surface area contributed by atoms with Crippen LogP contribution in [0.2, 0.25) is 0 Å². The first-order chi connectivity index (χ1) is 10.1. The van der Waals surface area contributed by atoms with Crippen LogP contribution in [0.4, 0.5) is 11.4 Å². The molecule has 1 fully saturated rings. The van der Waals surface area contributed by atoms with Crippen LogP contribution >= 0.6 is 0 Å². The number of nitrogens with one attached hydrogen (secondary N) is 1. The van der Waals surface area contributed by atoms with Crippen LogP contribution in [0.15, 0.2) is 18.2 Å². The van der Waals surface area contributed by atoms with Gasteiger partial charge in [-0.3, -0.25) is 4.79 Å². The minimum atomic E-state index is -0.0642. The van der Waals surface area contributed by atoms with Crippen molar-refractivity contribution in [1.29, 1.82) is 0 Å². The van der Waals surface area contributed by atoms with E-state index in [0.29, 0.717) is 17.8 Å². The van der Waals surface area contributed by atoms with E-state index in [1.165, 1.54) is 32.1 Å². The summed E-state index contributed by atoms with van der Waals surface area (Å²) in [5.74, 6) is 0.705. The lowest BCUT2D eigenvalue weighted by Gasteiger charge is -2.29. The van der Waals surface area contributed by atoms with Crippen molar-refractivity contribution in [3.63, 3.8) is 0 Å².